The lowest BCUT2D eigenvalue weighted by Crippen LogP contribution is -2.38. The van der Waals surface area contributed by atoms with Gasteiger partial charge in [-0.15, -0.1) is 11.3 Å². The van der Waals surface area contributed by atoms with Crippen LogP contribution in [-0.4, -0.2) is 65.5 Å². The van der Waals surface area contributed by atoms with Crippen molar-refractivity contribution < 1.29 is 14.3 Å². The molecule has 2 aliphatic rings. The molecule has 2 aromatic rings. The van der Waals surface area contributed by atoms with E-state index < -0.39 is 0 Å². The van der Waals surface area contributed by atoms with Gasteiger partial charge >= 0.3 is 0 Å². The highest BCUT2D eigenvalue weighted by Gasteiger charge is 2.40. The van der Waals surface area contributed by atoms with E-state index in [0.717, 1.165) is 5.01 Å². The van der Waals surface area contributed by atoms with Crippen LogP contribution >= 0.6 is 11.3 Å². The summed E-state index contributed by atoms with van der Waals surface area (Å²) < 4.78 is 5.96. The molecule has 2 amide bonds. The SMILES string of the molecule is Cc1nc(C(=O)N2C[C@@H]3CN(C(=O)c4ccccc4)CCO[C@@H]3C2)cs1. The number of rotatable bonds is 2. The van der Waals surface area contributed by atoms with Crippen molar-refractivity contribution >= 4 is 23.2 Å². The number of nitrogens with zero attached hydrogens (tertiary/aromatic N) is 3. The molecule has 2 atom stereocenters. The summed E-state index contributed by atoms with van der Waals surface area (Å²) in [5, 5.41) is 2.69. The minimum atomic E-state index is -0.0491. The van der Waals surface area contributed by atoms with E-state index >= 15 is 0 Å². The molecule has 0 N–H and O–H groups in total. The van der Waals surface area contributed by atoms with E-state index in [2.05, 4.69) is 4.98 Å². The number of carbonyl (C=O) groups excluding carboxylic acids is 2. The molecule has 26 heavy (non-hydrogen) atoms. The number of likely N-dealkylation sites (tertiary alicyclic amines) is 1. The van der Waals surface area contributed by atoms with Gasteiger partial charge in [-0.3, -0.25) is 9.59 Å². The lowest BCUT2D eigenvalue weighted by atomic mass is 10.1. The Morgan fingerprint density at radius 3 is 2.62 bits per heavy atom. The maximum atomic E-state index is 12.8. The first-order chi connectivity index (χ1) is 12.6. The van der Waals surface area contributed by atoms with Crippen molar-refractivity contribution in [1.82, 2.24) is 14.8 Å². The number of hydrogen-bond donors (Lipinski definition) is 0. The van der Waals surface area contributed by atoms with Gasteiger partial charge in [-0.2, -0.15) is 0 Å². The Labute approximate surface area is 156 Å². The fraction of sp³-hybridized carbons (Fsp3) is 0.421. The Kier molecular flexibility index (Phi) is 4.74. The van der Waals surface area contributed by atoms with Gasteiger partial charge in [0.2, 0.25) is 0 Å². The zero-order valence-corrected chi connectivity index (χ0v) is 15.4. The number of benzene rings is 1. The number of hydrogen-bond acceptors (Lipinski definition) is 5. The standard InChI is InChI=1S/C19H21N3O3S/c1-13-20-16(12-26-13)19(24)22-10-15-9-21(7-8-25-17(15)11-22)18(23)14-5-3-2-4-6-14/h2-6,12,15,17H,7-11H2,1H3/t15-,17+/m0/s1. The van der Waals surface area contributed by atoms with Gasteiger partial charge in [0, 0.05) is 43.0 Å². The van der Waals surface area contributed by atoms with Crippen LogP contribution in [0.4, 0.5) is 0 Å². The van der Waals surface area contributed by atoms with Crippen LogP contribution in [-0.2, 0) is 4.74 Å². The molecule has 4 rings (SSSR count). The predicted octanol–water partition coefficient (Wildman–Crippen LogP) is 2.06. The monoisotopic (exact) mass is 371 g/mol. The number of aryl methyl sites for hydroxylation is 1. The number of ether oxygens (including phenoxy) is 1. The zero-order chi connectivity index (χ0) is 18.1. The Bertz CT molecular complexity index is 807. The zero-order valence-electron chi connectivity index (χ0n) is 14.6. The van der Waals surface area contributed by atoms with Crippen LogP contribution in [0.3, 0.4) is 0 Å². The van der Waals surface area contributed by atoms with Crippen LogP contribution < -0.4 is 0 Å². The molecule has 2 saturated heterocycles. The van der Waals surface area contributed by atoms with Gasteiger partial charge in [0.15, 0.2) is 0 Å². The van der Waals surface area contributed by atoms with Gasteiger partial charge < -0.3 is 14.5 Å². The second-order valence-corrected chi connectivity index (χ2v) is 7.81. The average molecular weight is 371 g/mol. The fourth-order valence-electron chi connectivity index (χ4n) is 3.63. The van der Waals surface area contributed by atoms with Gasteiger partial charge in [0.1, 0.15) is 5.69 Å². The first kappa shape index (κ1) is 17.2. The smallest absolute Gasteiger partial charge is 0.273 e. The molecule has 7 heteroatoms. The van der Waals surface area contributed by atoms with Gasteiger partial charge in [-0.25, -0.2) is 4.98 Å². The Morgan fingerprint density at radius 1 is 1.12 bits per heavy atom. The third-order valence-electron chi connectivity index (χ3n) is 4.96. The summed E-state index contributed by atoms with van der Waals surface area (Å²) in [6, 6.07) is 9.31. The van der Waals surface area contributed by atoms with Gasteiger partial charge in [-0.05, 0) is 19.1 Å². The summed E-state index contributed by atoms with van der Waals surface area (Å²) in [6.07, 6.45) is -0.0211. The van der Waals surface area contributed by atoms with Crippen molar-refractivity contribution in [2.45, 2.75) is 13.0 Å². The van der Waals surface area contributed by atoms with E-state index in [1.807, 2.05) is 42.2 Å². The molecule has 1 aromatic heterocycles. The van der Waals surface area contributed by atoms with Crippen molar-refractivity contribution in [3.8, 4) is 0 Å². The molecule has 3 heterocycles. The van der Waals surface area contributed by atoms with E-state index in [1.54, 1.807) is 10.3 Å². The van der Waals surface area contributed by atoms with Crippen molar-refractivity contribution in [2.75, 3.05) is 32.8 Å². The molecule has 6 nitrogen and oxygen atoms in total. The van der Waals surface area contributed by atoms with E-state index in [-0.39, 0.29) is 23.8 Å². The lowest BCUT2D eigenvalue weighted by molar-refractivity contribution is 0.0476. The van der Waals surface area contributed by atoms with Crippen LogP contribution in [0.15, 0.2) is 35.7 Å². The fourth-order valence-corrected chi connectivity index (χ4v) is 4.22. The molecule has 0 spiro atoms. The van der Waals surface area contributed by atoms with Crippen molar-refractivity contribution in [1.29, 1.82) is 0 Å². The lowest BCUT2D eigenvalue weighted by Gasteiger charge is -2.23. The average Bonchev–Trinajstić information content (AvgIpc) is 3.22. The summed E-state index contributed by atoms with van der Waals surface area (Å²) in [6.45, 7) is 4.74. The molecule has 0 bridgehead atoms. The highest BCUT2D eigenvalue weighted by Crippen LogP contribution is 2.26. The number of aromatic nitrogens is 1. The van der Waals surface area contributed by atoms with Gasteiger partial charge in [-0.1, -0.05) is 18.2 Å². The molecule has 0 radical (unpaired) electrons. The molecule has 1 aromatic carbocycles. The number of thiazole rings is 1. The van der Waals surface area contributed by atoms with Crippen LogP contribution in [0, 0.1) is 12.8 Å². The van der Waals surface area contributed by atoms with Crippen LogP contribution in [0.25, 0.3) is 0 Å². The summed E-state index contributed by atoms with van der Waals surface area (Å²) in [4.78, 5) is 33.4. The molecule has 0 aliphatic carbocycles. The van der Waals surface area contributed by atoms with E-state index in [4.69, 9.17) is 4.74 Å². The van der Waals surface area contributed by atoms with Crippen LogP contribution in [0.2, 0.25) is 0 Å². The highest BCUT2D eigenvalue weighted by molar-refractivity contribution is 7.09. The second kappa shape index (κ2) is 7.17. The minimum Gasteiger partial charge on any atom is -0.374 e. The molecule has 0 saturated carbocycles. The van der Waals surface area contributed by atoms with Crippen LogP contribution in [0.5, 0.6) is 0 Å². The normalized spacial score (nSPS) is 22.8. The largest absolute Gasteiger partial charge is 0.374 e. The van der Waals surface area contributed by atoms with Crippen LogP contribution in [0.1, 0.15) is 25.9 Å². The highest BCUT2D eigenvalue weighted by atomic mass is 32.1. The van der Waals surface area contributed by atoms with Gasteiger partial charge in [0.25, 0.3) is 11.8 Å². The Balaban J connectivity index is 1.45. The maximum absolute atomic E-state index is 12.8. The van der Waals surface area contributed by atoms with Crippen molar-refractivity contribution in [2.24, 2.45) is 5.92 Å². The van der Waals surface area contributed by atoms with Crippen molar-refractivity contribution in [3.05, 3.63) is 52.0 Å². The molecule has 136 valence electrons. The molecular formula is C19H21N3O3S. The third kappa shape index (κ3) is 3.37. The summed E-state index contributed by atoms with van der Waals surface area (Å²) >= 11 is 1.48. The molecular weight excluding hydrogens is 350 g/mol. The first-order valence-electron chi connectivity index (χ1n) is 8.79. The summed E-state index contributed by atoms with van der Waals surface area (Å²) in [5.74, 6) is 0.107. The summed E-state index contributed by atoms with van der Waals surface area (Å²) in [7, 11) is 0. The molecule has 0 unspecified atom stereocenters. The number of amides is 2. The molecule has 2 fully saturated rings. The second-order valence-electron chi connectivity index (χ2n) is 6.75. The third-order valence-corrected chi connectivity index (χ3v) is 5.74. The Morgan fingerprint density at radius 2 is 1.88 bits per heavy atom. The maximum Gasteiger partial charge on any atom is 0.273 e. The predicted molar refractivity (Wildman–Crippen MR) is 98.3 cm³/mol. The van der Waals surface area contributed by atoms with Crippen molar-refractivity contribution in [3.63, 3.8) is 0 Å². The first-order valence-corrected chi connectivity index (χ1v) is 9.67. The van der Waals surface area contributed by atoms with Gasteiger partial charge in [0.05, 0.1) is 17.7 Å². The summed E-state index contributed by atoms with van der Waals surface area (Å²) in [5.41, 5.74) is 1.19. The molecule has 2 aliphatic heterocycles. The van der Waals surface area contributed by atoms with E-state index in [0.29, 0.717) is 44.0 Å². The topological polar surface area (TPSA) is 62.7 Å². The minimum absolute atomic E-state index is 0.0211. The Hall–Kier alpha value is -2.25. The quantitative estimate of drug-likeness (QED) is 0.811. The number of fused-ring (bicyclic) bond motifs is 1. The van der Waals surface area contributed by atoms with E-state index in [1.165, 1.54) is 11.3 Å². The number of carbonyl (C=O) groups is 2. The van der Waals surface area contributed by atoms with E-state index in [9.17, 15) is 9.59 Å².